The predicted molar refractivity (Wildman–Crippen MR) is 66.3 cm³/mol. The summed E-state index contributed by atoms with van der Waals surface area (Å²) in [7, 11) is 0. The Bertz CT molecular complexity index is 427. The number of halogens is 1. The van der Waals surface area contributed by atoms with Crippen LogP contribution >= 0.6 is 23.4 Å². The van der Waals surface area contributed by atoms with Gasteiger partial charge in [0.05, 0.1) is 0 Å². The van der Waals surface area contributed by atoms with Crippen LogP contribution in [0.25, 0.3) is 0 Å². The van der Waals surface area contributed by atoms with E-state index in [4.69, 9.17) is 11.6 Å². The molecule has 0 spiro atoms. The summed E-state index contributed by atoms with van der Waals surface area (Å²) >= 11 is 7.39. The molecule has 0 aromatic heterocycles. The van der Waals surface area contributed by atoms with E-state index in [2.05, 4.69) is 0 Å². The van der Waals surface area contributed by atoms with E-state index in [-0.39, 0.29) is 0 Å². The van der Waals surface area contributed by atoms with Crippen LogP contribution in [0.15, 0.2) is 23.1 Å². The van der Waals surface area contributed by atoms with Crippen molar-refractivity contribution in [2.75, 3.05) is 0 Å². The van der Waals surface area contributed by atoms with Gasteiger partial charge in [0.15, 0.2) is 0 Å². The second-order valence-corrected chi connectivity index (χ2v) is 6.03. The Balaban J connectivity index is 2.20. The zero-order chi connectivity index (χ0) is 11.8. The summed E-state index contributed by atoms with van der Waals surface area (Å²) in [5.41, 5.74) is 0.992. The van der Waals surface area contributed by atoms with Gasteiger partial charge in [-0.25, -0.2) is 0 Å². The van der Waals surface area contributed by atoms with Gasteiger partial charge in [-0.3, -0.25) is 4.79 Å². The lowest BCUT2D eigenvalue weighted by molar-refractivity contribution is -0.142. The molecule has 0 saturated heterocycles. The monoisotopic (exact) mass is 256 g/mol. The van der Waals surface area contributed by atoms with Crippen LogP contribution in [0.2, 0.25) is 5.02 Å². The van der Waals surface area contributed by atoms with Gasteiger partial charge in [0.2, 0.25) is 0 Å². The second kappa shape index (κ2) is 4.30. The van der Waals surface area contributed by atoms with Crippen molar-refractivity contribution in [1.29, 1.82) is 0 Å². The third-order valence-electron chi connectivity index (χ3n) is 2.99. The van der Waals surface area contributed by atoms with Gasteiger partial charge in [-0.2, -0.15) is 0 Å². The van der Waals surface area contributed by atoms with E-state index >= 15 is 0 Å². The zero-order valence-electron chi connectivity index (χ0n) is 9.00. The molecule has 1 aliphatic carbocycles. The molecule has 0 heterocycles. The van der Waals surface area contributed by atoms with Crippen LogP contribution in [0, 0.1) is 6.92 Å². The molecule has 2 nitrogen and oxygen atoms in total. The first-order chi connectivity index (χ1) is 7.53. The standard InChI is InChI=1S/C12H13ClO2S/c1-8-7-9(3-4-10(8)13)16-12(11(14)15)5-2-6-12/h3-4,7H,2,5-6H2,1H3,(H,14,15). The van der Waals surface area contributed by atoms with Crippen molar-refractivity contribution in [1.82, 2.24) is 0 Å². The molecule has 0 unspecified atom stereocenters. The van der Waals surface area contributed by atoms with Crippen molar-refractivity contribution in [2.45, 2.75) is 35.8 Å². The summed E-state index contributed by atoms with van der Waals surface area (Å²) in [4.78, 5) is 12.2. The van der Waals surface area contributed by atoms with Crippen molar-refractivity contribution < 1.29 is 9.90 Å². The number of carbonyl (C=O) groups is 1. The van der Waals surface area contributed by atoms with Crippen LogP contribution in [0.5, 0.6) is 0 Å². The molecule has 16 heavy (non-hydrogen) atoms. The highest BCUT2D eigenvalue weighted by molar-refractivity contribution is 8.01. The molecule has 0 bridgehead atoms. The molecule has 1 aromatic carbocycles. The van der Waals surface area contributed by atoms with Gasteiger partial charge in [-0.05, 0) is 49.9 Å². The SMILES string of the molecule is Cc1cc(SC2(C(=O)O)CCC2)ccc1Cl. The Labute approximate surface area is 104 Å². The number of rotatable bonds is 3. The number of carboxylic acid groups (broad SMARTS) is 1. The third-order valence-corrected chi connectivity index (χ3v) is 4.88. The number of aryl methyl sites for hydroxylation is 1. The predicted octanol–water partition coefficient (Wildman–Crippen LogP) is 3.75. The lowest BCUT2D eigenvalue weighted by Crippen LogP contribution is -2.41. The van der Waals surface area contributed by atoms with E-state index < -0.39 is 10.7 Å². The first-order valence-electron chi connectivity index (χ1n) is 5.22. The van der Waals surface area contributed by atoms with Gasteiger partial charge in [-0.15, -0.1) is 11.8 Å². The molecule has 0 atom stereocenters. The van der Waals surface area contributed by atoms with Gasteiger partial charge in [0.1, 0.15) is 4.75 Å². The van der Waals surface area contributed by atoms with Crippen LogP contribution in [0.4, 0.5) is 0 Å². The van der Waals surface area contributed by atoms with E-state index in [1.807, 2.05) is 25.1 Å². The normalized spacial score (nSPS) is 17.9. The first-order valence-corrected chi connectivity index (χ1v) is 6.41. The molecule has 1 aromatic rings. The zero-order valence-corrected chi connectivity index (χ0v) is 10.6. The number of carboxylic acids is 1. The van der Waals surface area contributed by atoms with E-state index in [9.17, 15) is 9.90 Å². The highest BCUT2D eigenvalue weighted by Crippen LogP contribution is 2.48. The maximum absolute atomic E-state index is 11.2. The smallest absolute Gasteiger partial charge is 0.320 e. The fourth-order valence-electron chi connectivity index (χ4n) is 1.76. The number of benzene rings is 1. The van der Waals surface area contributed by atoms with Crippen molar-refractivity contribution in [2.24, 2.45) is 0 Å². The van der Waals surface area contributed by atoms with E-state index in [1.165, 1.54) is 11.8 Å². The van der Waals surface area contributed by atoms with Crippen molar-refractivity contribution in [3.8, 4) is 0 Å². The lowest BCUT2D eigenvalue weighted by atomic mass is 9.84. The fourth-order valence-corrected chi connectivity index (χ4v) is 3.28. The molecule has 0 amide bonds. The van der Waals surface area contributed by atoms with Crippen LogP contribution in [0.1, 0.15) is 24.8 Å². The topological polar surface area (TPSA) is 37.3 Å². The summed E-state index contributed by atoms with van der Waals surface area (Å²) in [6.07, 6.45) is 2.52. The molecule has 86 valence electrons. The molecule has 1 fully saturated rings. The molecule has 4 heteroatoms. The highest BCUT2D eigenvalue weighted by Gasteiger charge is 2.45. The van der Waals surface area contributed by atoms with E-state index in [0.717, 1.165) is 34.7 Å². The molecule has 1 aliphatic rings. The minimum atomic E-state index is -0.698. The van der Waals surface area contributed by atoms with Gasteiger partial charge >= 0.3 is 5.97 Å². The fraction of sp³-hybridized carbons (Fsp3) is 0.417. The van der Waals surface area contributed by atoms with Crippen molar-refractivity contribution >= 4 is 29.3 Å². The van der Waals surface area contributed by atoms with Crippen molar-refractivity contribution in [3.63, 3.8) is 0 Å². The molecular formula is C12H13ClO2S. The van der Waals surface area contributed by atoms with Crippen LogP contribution in [-0.2, 0) is 4.79 Å². The van der Waals surface area contributed by atoms with Crippen LogP contribution in [-0.4, -0.2) is 15.8 Å². The minimum Gasteiger partial charge on any atom is -0.480 e. The minimum absolute atomic E-state index is 0.597. The highest BCUT2D eigenvalue weighted by atomic mass is 35.5. The second-order valence-electron chi connectivity index (χ2n) is 4.17. The van der Waals surface area contributed by atoms with E-state index in [1.54, 1.807) is 0 Å². The molecule has 1 saturated carbocycles. The van der Waals surface area contributed by atoms with Crippen LogP contribution < -0.4 is 0 Å². The Morgan fingerprint density at radius 1 is 1.50 bits per heavy atom. The summed E-state index contributed by atoms with van der Waals surface area (Å²) in [6.45, 7) is 1.93. The van der Waals surface area contributed by atoms with E-state index in [0.29, 0.717) is 0 Å². The Hall–Kier alpha value is -0.670. The molecular weight excluding hydrogens is 244 g/mol. The van der Waals surface area contributed by atoms with Crippen LogP contribution in [0.3, 0.4) is 0 Å². The van der Waals surface area contributed by atoms with Gasteiger partial charge in [0, 0.05) is 9.92 Å². The summed E-state index contributed by atoms with van der Waals surface area (Å²) < 4.78 is -0.597. The summed E-state index contributed by atoms with van der Waals surface area (Å²) in [5.74, 6) is -0.698. The Morgan fingerprint density at radius 3 is 2.62 bits per heavy atom. The molecule has 2 rings (SSSR count). The third kappa shape index (κ3) is 2.06. The average molecular weight is 257 g/mol. The number of aliphatic carboxylic acids is 1. The lowest BCUT2D eigenvalue weighted by Gasteiger charge is -2.36. The first kappa shape index (κ1) is 11.8. The average Bonchev–Trinajstić information content (AvgIpc) is 2.16. The van der Waals surface area contributed by atoms with Crippen molar-refractivity contribution in [3.05, 3.63) is 28.8 Å². The molecule has 1 N–H and O–H groups in total. The maximum atomic E-state index is 11.2. The molecule has 0 aliphatic heterocycles. The van der Waals surface area contributed by atoms with Gasteiger partial charge in [-0.1, -0.05) is 11.6 Å². The maximum Gasteiger partial charge on any atom is 0.320 e. The number of hydrogen-bond donors (Lipinski definition) is 1. The van der Waals surface area contributed by atoms with Gasteiger partial charge in [0.25, 0.3) is 0 Å². The molecule has 0 radical (unpaired) electrons. The Kier molecular flexibility index (Phi) is 3.17. The Morgan fingerprint density at radius 2 is 2.19 bits per heavy atom. The number of thioether (sulfide) groups is 1. The largest absolute Gasteiger partial charge is 0.480 e. The quantitative estimate of drug-likeness (QED) is 0.895. The van der Waals surface area contributed by atoms with Gasteiger partial charge < -0.3 is 5.11 Å². The number of hydrogen-bond acceptors (Lipinski definition) is 2. The summed E-state index contributed by atoms with van der Waals surface area (Å²) in [6, 6.07) is 5.67. The summed E-state index contributed by atoms with van der Waals surface area (Å²) in [5, 5.41) is 9.95.